The number of rotatable bonds is 5. The van der Waals surface area contributed by atoms with Crippen molar-refractivity contribution in [1.82, 2.24) is 5.43 Å². The standard InChI is InChI=1S/C14H18N2O3/c1-3-8-12(11-9-6-5-7-10-11)15-16-13(17)14(18)19-4-2/h5-7,9-10H,3-4,8H2,1-2H3,(H,16,17)/b15-12-. The second-order valence-corrected chi connectivity index (χ2v) is 3.84. The molecule has 1 N–H and O–H groups in total. The van der Waals surface area contributed by atoms with Crippen LogP contribution in [0.3, 0.4) is 0 Å². The average Bonchev–Trinajstić information content (AvgIpc) is 2.44. The van der Waals surface area contributed by atoms with Crippen molar-refractivity contribution >= 4 is 17.6 Å². The summed E-state index contributed by atoms with van der Waals surface area (Å²) in [6.45, 7) is 3.82. The predicted octanol–water partition coefficient (Wildman–Crippen LogP) is 1.87. The Morgan fingerprint density at radius 1 is 1.21 bits per heavy atom. The number of nitrogens with zero attached hydrogens (tertiary/aromatic N) is 1. The van der Waals surface area contributed by atoms with Crippen molar-refractivity contribution in [1.29, 1.82) is 0 Å². The molecule has 0 aliphatic heterocycles. The molecule has 102 valence electrons. The number of carbonyl (C=O) groups excluding carboxylic acids is 2. The predicted molar refractivity (Wildman–Crippen MR) is 72.7 cm³/mol. The lowest BCUT2D eigenvalue weighted by atomic mass is 10.1. The second kappa shape index (κ2) is 8.02. The molecule has 0 aromatic heterocycles. The van der Waals surface area contributed by atoms with E-state index in [1.165, 1.54) is 0 Å². The first kappa shape index (κ1) is 14.9. The minimum absolute atomic E-state index is 0.163. The van der Waals surface area contributed by atoms with Gasteiger partial charge < -0.3 is 4.74 Å². The number of hydrogen-bond acceptors (Lipinski definition) is 4. The molecule has 0 saturated heterocycles. The van der Waals surface area contributed by atoms with Gasteiger partial charge in [-0.1, -0.05) is 43.7 Å². The highest BCUT2D eigenvalue weighted by atomic mass is 16.5. The van der Waals surface area contributed by atoms with Gasteiger partial charge >= 0.3 is 11.9 Å². The normalized spacial score (nSPS) is 10.9. The SMILES string of the molecule is CCC/C(=N/NC(=O)C(=O)OCC)c1ccccc1. The lowest BCUT2D eigenvalue weighted by molar-refractivity contribution is -0.154. The molecular formula is C14H18N2O3. The van der Waals surface area contributed by atoms with Gasteiger partial charge in [0.05, 0.1) is 12.3 Å². The van der Waals surface area contributed by atoms with E-state index in [9.17, 15) is 9.59 Å². The number of hydrogen-bond donors (Lipinski definition) is 1. The van der Waals surface area contributed by atoms with Crippen LogP contribution in [-0.4, -0.2) is 24.2 Å². The first-order valence-electron chi connectivity index (χ1n) is 6.28. The van der Waals surface area contributed by atoms with Crippen molar-refractivity contribution in [3.05, 3.63) is 35.9 Å². The van der Waals surface area contributed by atoms with E-state index in [-0.39, 0.29) is 6.61 Å². The molecule has 0 heterocycles. The Kier molecular flexibility index (Phi) is 6.29. The maximum absolute atomic E-state index is 11.4. The number of carbonyl (C=O) groups is 2. The molecule has 0 unspecified atom stereocenters. The van der Waals surface area contributed by atoms with Gasteiger partial charge in [0, 0.05) is 0 Å². The summed E-state index contributed by atoms with van der Waals surface area (Å²) in [5, 5.41) is 4.00. The van der Waals surface area contributed by atoms with E-state index in [1.807, 2.05) is 37.3 Å². The molecule has 0 fully saturated rings. The van der Waals surface area contributed by atoms with Crippen LogP contribution in [0.1, 0.15) is 32.3 Å². The Hall–Kier alpha value is -2.17. The zero-order valence-electron chi connectivity index (χ0n) is 11.2. The number of ether oxygens (including phenoxy) is 1. The van der Waals surface area contributed by atoms with Crippen molar-refractivity contribution in [2.45, 2.75) is 26.7 Å². The van der Waals surface area contributed by atoms with Crippen molar-refractivity contribution in [3.8, 4) is 0 Å². The van der Waals surface area contributed by atoms with Gasteiger partial charge in [0.15, 0.2) is 0 Å². The largest absolute Gasteiger partial charge is 0.459 e. The molecule has 19 heavy (non-hydrogen) atoms. The maximum atomic E-state index is 11.4. The quantitative estimate of drug-likeness (QED) is 0.381. The van der Waals surface area contributed by atoms with Gasteiger partial charge in [0.1, 0.15) is 0 Å². The van der Waals surface area contributed by atoms with Gasteiger partial charge in [-0.2, -0.15) is 5.10 Å². The summed E-state index contributed by atoms with van der Waals surface area (Å²) in [5.41, 5.74) is 3.89. The van der Waals surface area contributed by atoms with Crippen LogP contribution >= 0.6 is 0 Å². The lowest BCUT2D eigenvalue weighted by Gasteiger charge is -2.06. The van der Waals surface area contributed by atoms with Crippen LogP contribution in [0.4, 0.5) is 0 Å². The van der Waals surface area contributed by atoms with E-state index in [4.69, 9.17) is 0 Å². The molecule has 5 heteroatoms. The Labute approximate surface area is 112 Å². The van der Waals surface area contributed by atoms with Crippen molar-refractivity contribution in [2.75, 3.05) is 6.61 Å². The van der Waals surface area contributed by atoms with E-state index < -0.39 is 11.9 Å². The molecule has 0 atom stereocenters. The van der Waals surface area contributed by atoms with Gasteiger partial charge in [0.25, 0.3) is 0 Å². The minimum atomic E-state index is -0.921. The molecule has 0 radical (unpaired) electrons. The number of esters is 1. The number of hydrazone groups is 1. The molecule has 0 spiro atoms. The molecule has 1 aromatic rings. The fourth-order valence-corrected chi connectivity index (χ4v) is 1.49. The first-order valence-corrected chi connectivity index (χ1v) is 6.28. The summed E-state index contributed by atoms with van der Waals surface area (Å²) < 4.78 is 4.58. The summed E-state index contributed by atoms with van der Waals surface area (Å²) in [5.74, 6) is -1.78. The van der Waals surface area contributed by atoms with E-state index in [0.717, 1.165) is 17.7 Å². The fraction of sp³-hybridized carbons (Fsp3) is 0.357. The highest BCUT2D eigenvalue weighted by Crippen LogP contribution is 2.05. The van der Waals surface area contributed by atoms with E-state index in [1.54, 1.807) is 6.92 Å². The third-order valence-electron chi connectivity index (χ3n) is 2.35. The molecule has 5 nitrogen and oxygen atoms in total. The molecule has 1 rings (SSSR count). The summed E-state index contributed by atoms with van der Waals surface area (Å²) in [6.07, 6.45) is 1.61. The van der Waals surface area contributed by atoms with Gasteiger partial charge in [-0.25, -0.2) is 10.2 Å². The zero-order valence-corrected chi connectivity index (χ0v) is 11.2. The summed E-state index contributed by atoms with van der Waals surface area (Å²) in [7, 11) is 0. The van der Waals surface area contributed by atoms with Gasteiger partial charge in [-0.15, -0.1) is 0 Å². The minimum Gasteiger partial charge on any atom is -0.459 e. The smallest absolute Gasteiger partial charge is 0.398 e. The van der Waals surface area contributed by atoms with Crippen molar-refractivity contribution in [3.63, 3.8) is 0 Å². The third-order valence-corrected chi connectivity index (χ3v) is 2.35. The highest BCUT2D eigenvalue weighted by molar-refractivity contribution is 6.32. The van der Waals surface area contributed by atoms with Gasteiger partial charge in [0.2, 0.25) is 0 Å². The van der Waals surface area contributed by atoms with Crippen LogP contribution < -0.4 is 5.43 Å². The third kappa shape index (κ3) is 4.91. The maximum Gasteiger partial charge on any atom is 0.398 e. The molecule has 0 aliphatic rings. The Morgan fingerprint density at radius 2 is 1.89 bits per heavy atom. The highest BCUT2D eigenvalue weighted by Gasteiger charge is 2.14. The molecule has 0 saturated carbocycles. The van der Waals surface area contributed by atoms with Crippen LogP contribution in [0.5, 0.6) is 0 Å². The number of benzene rings is 1. The van der Waals surface area contributed by atoms with Crippen LogP contribution in [0.15, 0.2) is 35.4 Å². The summed E-state index contributed by atoms with van der Waals surface area (Å²) in [6, 6.07) is 9.52. The Morgan fingerprint density at radius 3 is 2.47 bits per heavy atom. The number of nitrogens with one attached hydrogen (secondary N) is 1. The molecule has 1 amide bonds. The van der Waals surface area contributed by atoms with E-state index >= 15 is 0 Å². The monoisotopic (exact) mass is 262 g/mol. The molecule has 0 bridgehead atoms. The summed E-state index contributed by atoms with van der Waals surface area (Å²) >= 11 is 0. The van der Waals surface area contributed by atoms with Crippen LogP contribution in [0.25, 0.3) is 0 Å². The summed E-state index contributed by atoms with van der Waals surface area (Å²) in [4.78, 5) is 22.5. The van der Waals surface area contributed by atoms with Crippen LogP contribution in [0.2, 0.25) is 0 Å². The van der Waals surface area contributed by atoms with Crippen molar-refractivity contribution < 1.29 is 14.3 Å². The lowest BCUT2D eigenvalue weighted by Crippen LogP contribution is -2.29. The average molecular weight is 262 g/mol. The van der Waals surface area contributed by atoms with Gasteiger partial charge in [-0.3, -0.25) is 4.79 Å². The van der Waals surface area contributed by atoms with Crippen LogP contribution in [-0.2, 0) is 14.3 Å². The molecule has 1 aromatic carbocycles. The second-order valence-electron chi connectivity index (χ2n) is 3.84. The van der Waals surface area contributed by atoms with Crippen molar-refractivity contribution in [2.24, 2.45) is 5.10 Å². The Bertz CT molecular complexity index is 455. The van der Waals surface area contributed by atoms with Gasteiger partial charge in [-0.05, 0) is 18.9 Å². The first-order chi connectivity index (χ1) is 9.19. The Balaban J connectivity index is 2.75. The number of amides is 1. The van der Waals surface area contributed by atoms with E-state index in [0.29, 0.717) is 6.42 Å². The fourth-order valence-electron chi connectivity index (χ4n) is 1.49. The van der Waals surface area contributed by atoms with Crippen LogP contribution in [0, 0.1) is 0 Å². The molecule has 0 aliphatic carbocycles. The zero-order chi connectivity index (χ0) is 14.1. The topological polar surface area (TPSA) is 67.8 Å². The van der Waals surface area contributed by atoms with E-state index in [2.05, 4.69) is 15.3 Å². The molecular weight excluding hydrogens is 244 g/mol.